The second-order valence-corrected chi connectivity index (χ2v) is 6.41. The molecule has 4 aromatic rings. The summed E-state index contributed by atoms with van der Waals surface area (Å²) in [6.45, 7) is 1.99. The third-order valence-corrected chi connectivity index (χ3v) is 4.56. The Morgan fingerprint density at radius 2 is 1.79 bits per heavy atom. The van der Waals surface area contributed by atoms with Crippen molar-refractivity contribution in [1.29, 1.82) is 0 Å². The maximum absolute atomic E-state index is 13.2. The van der Waals surface area contributed by atoms with E-state index < -0.39 is 0 Å². The van der Waals surface area contributed by atoms with Gasteiger partial charge in [0.2, 0.25) is 0 Å². The average molecular weight is 369 g/mol. The highest BCUT2D eigenvalue weighted by Crippen LogP contribution is 2.22. The number of nitrogens with zero attached hydrogens (tertiary/aromatic N) is 3. The van der Waals surface area contributed by atoms with E-state index in [1.165, 1.54) is 4.68 Å². The van der Waals surface area contributed by atoms with Gasteiger partial charge in [0.1, 0.15) is 5.75 Å². The zero-order valence-electron chi connectivity index (χ0n) is 15.7. The molecule has 1 heterocycles. The molecule has 138 valence electrons. The Morgan fingerprint density at radius 1 is 1.00 bits per heavy atom. The van der Waals surface area contributed by atoms with Crippen LogP contribution in [0.1, 0.15) is 11.1 Å². The number of ether oxygens (including phenoxy) is 1. The Bertz CT molecular complexity index is 1240. The van der Waals surface area contributed by atoms with E-state index in [1.54, 1.807) is 19.4 Å². The number of aromatic nitrogens is 2. The van der Waals surface area contributed by atoms with Gasteiger partial charge in [0, 0.05) is 5.56 Å². The van der Waals surface area contributed by atoms with Gasteiger partial charge in [0.15, 0.2) is 5.82 Å². The van der Waals surface area contributed by atoms with Gasteiger partial charge in [-0.1, -0.05) is 48.5 Å². The van der Waals surface area contributed by atoms with Crippen LogP contribution in [0.4, 0.5) is 0 Å². The fourth-order valence-electron chi connectivity index (χ4n) is 3.08. The van der Waals surface area contributed by atoms with Gasteiger partial charge in [-0.15, -0.1) is 0 Å². The van der Waals surface area contributed by atoms with Crippen LogP contribution in [0.5, 0.6) is 5.75 Å². The maximum Gasteiger partial charge on any atom is 0.282 e. The van der Waals surface area contributed by atoms with Crippen LogP contribution >= 0.6 is 0 Å². The van der Waals surface area contributed by atoms with Crippen LogP contribution in [-0.4, -0.2) is 23.0 Å². The van der Waals surface area contributed by atoms with Crippen molar-refractivity contribution in [2.75, 3.05) is 7.11 Å². The minimum atomic E-state index is -0.206. The monoisotopic (exact) mass is 369 g/mol. The molecule has 4 rings (SSSR count). The molecule has 0 radical (unpaired) electrons. The minimum absolute atomic E-state index is 0.206. The first kappa shape index (κ1) is 17.7. The second kappa shape index (κ2) is 7.48. The highest BCUT2D eigenvalue weighted by molar-refractivity contribution is 5.82. The molecule has 0 aliphatic heterocycles. The lowest BCUT2D eigenvalue weighted by Gasteiger charge is -2.11. The van der Waals surface area contributed by atoms with Gasteiger partial charge in [-0.25, -0.2) is 4.98 Å². The summed E-state index contributed by atoms with van der Waals surface area (Å²) in [5.41, 5.74) is 3.17. The Morgan fingerprint density at radius 3 is 2.61 bits per heavy atom. The number of rotatable bonds is 4. The Balaban J connectivity index is 1.94. The molecule has 0 spiro atoms. The van der Waals surface area contributed by atoms with Crippen LogP contribution in [0.25, 0.3) is 22.3 Å². The lowest BCUT2D eigenvalue weighted by molar-refractivity contribution is 0.415. The molecule has 1 aromatic heterocycles. The Hall–Kier alpha value is -3.73. The number of benzene rings is 3. The van der Waals surface area contributed by atoms with Crippen LogP contribution < -0.4 is 10.3 Å². The summed E-state index contributed by atoms with van der Waals surface area (Å²) in [7, 11) is 1.62. The quantitative estimate of drug-likeness (QED) is 0.505. The molecular weight excluding hydrogens is 350 g/mol. The zero-order chi connectivity index (χ0) is 19.5. The van der Waals surface area contributed by atoms with E-state index in [2.05, 4.69) is 5.10 Å². The average Bonchev–Trinajstić information content (AvgIpc) is 2.73. The highest BCUT2D eigenvalue weighted by atomic mass is 16.5. The number of methoxy groups -OCH3 is 1. The van der Waals surface area contributed by atoms with E-state index in [9.17, 15) is 4.79 Å². The van der Waals surface area contributed by atoms with Crippen molar-refractivity contribution in [3.05, 3.63) is 94.3 Å². The van der Waals surface area contributed by atoms with Crippen LogP contribution in [0, 0.1) is 6.92 Å². The summed E-state index contributed by atoms with van der Waals surface area (Å²) in [5.74, 6) is 1.24. The highest BCUT2D eigenvalue weighted by Gasteiger charge is 2.13. The molecule has 5 nitrogen and oxygen atoms in total. The van der Waals surface area contributed by atoms with Crippen molar-refractivity contribution >= 4 is 17.1 Å². The summed E-state index contributed by atoms with van der Waals surface area (Å²) in [5, 5.41) is 5.01. The summed E-state index contributed by atoms with van der Waals surface area (Å²) < 4.78 is 6.62. The molecule has 0 fully saturated rings. The molecular formula is C23H19N3O2. The first-order valence-corrected chi connectivity index (χ1v) is 8.93. The van der Waals surface area contributed by atoms with E-state index in [4.69, 9.17) is 9.72 Å². The molecule has 0 saturated carbocycles. The molecule has 0 aliphatic carbocycles. The molecule has 28 heavy (non-hydrogen) atoms. The van der Waals surface area contributed by atoms with Gasteiger partial charge < -0.3 is 4.74 Å². The van der Waals surface area contributed by atoms with Gasteiger partial charge >= 0.3 is 0 Å². The fraction of sp³-hybridized carbons (Fsp3) is 0.0870. The van der Waals surface area contributed by atoms with Gasteiger partial charge in [0.05, 0.1) is 24.2 Å². The molecule has 0 unspecified atom stereocenters. The van der Waals surface area contributed by atoms with Gasteiger partial charge in [-0.05, 0) is 42.3 Å². The topological polar surface area (TPSA) is 56.5 Å². The van der Waals surface area contributed by atoms with Crippen molar-refractivity contribution in [2.24, 2.45) is 5.10 Å². The largest absolute Gasteiger partial charge is 0.497 e. The summed E-state index contributed by atoms with van der Waals surface area (Å²) in [6, 6.07) is 22.6. The maximum atomic E-state index is 13.2. The summed E-state index contributed by atoms with van der Waals surface area (Å²) >= 11 is 0. The molecule has 0 aliphatic rings. The molecule has 0 saturated heterocycles. The number of aryl methyl sites for hydroxylation is 1. The normalized spacial score (nSPS) is 11.2. The molecule has 0 amide bonds. The number of hydrogen-bond donors (Lipinski definition) is 0. The first-order chi connectivity index (χ1) is 13.7. The Kier molecular flexibility index (Phi) is 4.72. The van der Waals surface area contributed by atoms with Crippen molar-refractivity contribution in [1.82, 2.24) is 9.66 Å². The summed E-state index contributed by atoms with van der Waals surface area (Å²) in [6.07, 6.45) is 1.64. The predicted octanol–water partition coefficient (Wildman–Crippen LogP) is 4.26. The smallest absolute Gasteiger partial charge is 0.282 e. The summed E-state index contributed by atoms with van der Waals surface area (Å²) in [4.78, 5) is 17.9. The predicted molar refractivity (Wildman–Crippen MR) is 112 cm³/mol. The van der Waals surface area contributed by atoms with Crippen LogP contribution in [0.2, 0.25) is 0 Å². The lowest BCUT2D eigenvalue weighted by atomic mass is 10.1. The Labute approximate surface area is 162 Å². The van der Waals surface area contributed by atoms with Crippen molar-refractivity contribution in [3.8, 4) is 17.1 Å². The zero-order valence-corrected chi connectivity index (χ0v) is 15.7. The van der Waals surface area contributed by atoms with E-state index in [1.807, 2.05) is 73.7 Å². The van der Waals surface area contributed by atoms with Crippen LogP contribution in [0.15, 0.2) is 82.7 Å². The first-order valence-electron chi connectivity index (χ1n) is 8.93. The van der Waals surface area contributed by atoms with E-state index in [0.717, 1.165) is 22.4 Å². The molecule has 0 bridgehead atoms. The molecule has 0 N–H and O–H groups in total. The van der Waals surface area contributed by atoms with Crippen molar-refractivity contribution in [3.63, 3.8) is 0 Å². The third kappa shape index (κ3) is 3.30. The third-order valence-electron chi connectivity index (χ3n) is 4.56. The van der Waals surface area contributed by atoms with Crippen LogP contribution in [0.3, 0.4) is 0 Å². The van der Waals surface area contributed by atoms with Crippen LogP contribution in [-0.2, 0) is 0 Å². The van der Waals surface area contributed by atoms with E-state index in [-0.39, 0.29) is 5.56 Å². The van der Waals surface area contributed by atoms with Crippen molar-refractivity contribution in [2.45, 2.75) is 6.92 Å². The number of para-hydroxylation sites is 1. The van der Waals surface area contributed by atoms with Gasteiger partial charge in [-0.3, -0.25) is 4.79 Å². The SMILES string of the molecule is COc1cccc(/C=N\n2c(-c3ccccc3C)nc3ccccc3c2=O)c1. The lowest BCUT2D eigenvalue weighted by Crippen LogP contribution is -2.20. The van der Waals surface area contributed by atoms with Gasteiger partial charge in [0.25, 0.3) is 5.56 Å². The molecule has 5 heteroatoms. The van der Waals surface area contributed by atoms with E-state index in [0.29, 0.717) is 16.7 Å². The number of hydrogen-bond acceptors (Lipinski definition) is 4. The van der Waals surface area contributed by atoms with Gasteiger partial charge in [-0.2, -0.15) is 9.78 Å². The van der Waals surface area contributed by atoms with E-state index >= 15 is 0 Å². The second-order valence-electron chi connectivity index (χ2n) is 6.41. The molecule has 0 atom stereocenters. The standard InChI is InChI=1S/C23H19N3O2/c1-16-8-3-4-11-19(16)22-25-21-13-6-5-12-20(21)23(27)26(22)24-15-17-9-7-10-18(14-17)28-2/h3-15H,1-2H3/b24-15-. The van der Waals surface area contributed by atoms with Crippen molar-refractivity contribution < 1.29 is 4.74 Å². The number of fused-ring (bicyclic) bond motifs is 1. The fourth-order valence-corrected chi connectivity index (χ4v) is 3.08. The molecule has 3 aromatic carbocycles. The minimum Gasteiger partial charge on any atom is -0.497 e.